The van der Waals surface area contributed by atoms with E-state index in [0.29, 0.717) is 25.5 Å². The van der Waals surface area contributed by atoms with E-state index in [0.717, 1.165) is 35.2 Å². The number of hydrogen-bond acceptors (Lipinski definition) is 7. The fraction of sp³-hybridized carbons (Fsp3) is 0.348. The van der Waals surface area contributed by atoms with Gasteiger partial charge in [-0.3, -0.25) is 4.79 Å². The summed E-state index contributed by atoms with van der Waals surface area (Å²) in [5.41, 5.74) is 1.63. The Kier molecular flexibility index (Phi) is 6.18. The van der Waals surface area contributed by atoms with Gasteiger partial charge in [0.2, 0.25) is 5.91 Å². The maximum absolute atomic E-state index is 12.2. The molecule has 8 nitrogen and oxygen atoms in total. The van der Waals surface area contributed by atoms with Crippen molar-refractivity contribution >= 4 is 28.3 Å². The van der Waals surface area contributed by atoms with E-state index < -0.39 is 0 Å². The Hall–Kier alpha value is -3.39. The minimum atomic E-state index is 0.0685. The summed E-state index contributed by atoms with van der Waals surface area (Å²) in [5.74, 6) is 1.80. The van der Waals surface area contributed by atoms with Gasteiger partial charge in [-0.2, -0.15) is 0 Å². The van der Waals surface area contributed by atoms with Gasteiger partial charge < -0.3 is 25.0 Å². The molecule has 2 aromatic carbocycles. The summed E-state index contributed by atoms with van der Waals surface area (Å²) in [7, 11) is 3.81. The topological polar surface area (TPSA) is 90.8 Å². The zero-order valence-electron chi connectivity index (χ0n) is 17.8. The van der Waals surface area contributed by atoms with Crippen LogP contribution in [-0.2, 0) is 4.79 Å². The molecule has 0 unspecified atom stereocenters. The Morgan fingerprint density at radius 1 is 1.16 bits per heavy atom. The number of rotatable bonds is 6. The van der Waals surface area contributed by atoms with Crippen molar-refractivity contribution in [1.82, 2.24) is 19.8 Å². The van der Waals surface area contributed by atoms with Crippen molar-refractivity contribution in [3.8, 4) is 11.5 Å². The summed E-state index contributed by atoms with van der Waals surface area (Å²) in [6.07, 6.45) is 3.20. The quantitative estimate of drug-likeness (QED) is 0.591. The number of carbonyl (C=O) groups is 1. The second-order valence-corrected chi connectivity index (χ2v) is 8.01. The zero-order chi connectivity index (χ0) is 21.8. The number of fused-ring (bicyclic) bond motifs is 1. The number of ether oxygens (including phenoxy) is 1. The molecule has 3 aromatic rings. The van der Waals surface area contributed by atoms with Crippen LogP contribution in [0.3, 0.4) is 0 Å². The summed E-state index contributed by atoms with van der Waals surface area (Å²) in [4.78, 5) is 24.8. The molecular formula is C23H27N5O3. The number of nitrogens with one attached hydrogen (secondary N) is 1. The van der Waals surface area contributed by atoms with Gasteiger partial charge in [-0.05, 0) is 56.6 Å². The molecule has 0 aliphatic carbocycles. The number of aromatic nitrogens is 2. The number of aromatic hydroxyl groups is 1. The van der Waals surface area contributed by atoms with Crippen molar-refractivity contribution in [2.24, 2.45) is 0 Å². The number of benzene rings is 2. The van der Waals surface area contributed by atoms with Crippen molar-refractivity contribution < 1.29 is 14.6 Å². The standard InChI is InChI=1S/C23H27N5O3/c1-27(2)14-22(30)28-11-9-18(10-12-28)31-19-7-8-21-20(13-19)23(25-15-24-21)26-16-3-5-17(29)6-4-16/h3-8,13,15,18,29H,9-12,14H2,1-2H3,(H,24,25,26). The van der Waals surface area contributed by atoms with Gasteiger partial charge in [-0.25, -0.2) is 9.97 Å². The average Bonchev–Trinajstić information content (AvgIpc) is 2.76. The maximum Gasteiger partial charge on any atom is 0.236 e. The number of hydrogen-bond donors (Lipinski definition) is 2. The Bertz CT molecular complexity index is 1050. The van der Waals surface area contributed by atoms with Crippen LogP contribution in [0.25, 0.3) is 10.9 Å². The Morgan fingerprint density at radius 3 is 2.61 bits per heavy atom. The molecule has 0 radical (unpaired) electrons. The van der Waals surface area contributed by atoms with Crippen LogP contribution in [0.5, 0.6) is 11.5 Å². The lowest BCUT2D eigenvalue weighted by molar-refractivity contribution is -0.133. The van der Waals surface area contributed by atoms with E-state index >= 15 is 0 Å². The fourth-order valence-corrected chi connectivity index (χ4v) is 3.68. The van der Waals surface area contributed by atoms with E-state index in [1.165, 1.54) is 6.33 Å². The van der Waals surface area contributed by atoms with Gasteiger partial charge in [0, 0.05) is 37.0 Å². The highest BCUT2D eigenvalue weighted by Gasteiger charge is 2.24. The Balaban J connectivity index is 1.44. The van der Waals surface area contributed by atoms with E-state index in [1.807, 2.05) is 42.1 Å². The molecule has 2 heterocycles. The van der Waals surface area contributed by atoms with Crippen molar-refractivity contribution in [3.63, 3.8) is 0 Å². The first-order valence-electron chi connectivity index (χ1n) is 10.4. The molecule has 4 rings (SSSR count). The number of phenols is 1. The molecule has 1 aromatic heterocycles. The summed E-state index contributed by atoms with van der Waals surface area (Å²) in [6.45, 7) is 1.86. The Morgan fingerprint density at radius 2 is 1.90 bits per heavy atom. The van der Waals surface area contributed by atoms with Crippen LogP contribution in [-0.4, -0.2) is 70.6 Å². The van der Waals surface area contributed by atoms with E-state index in [2.05, 4.69) is 15.3 Å². The number of phenolic OH excluding ortho intramolecular Hbond substituents is 1. The molecule has 1 fully saturated rings. The van der Waals surface area contributed by atoms with E-state index in [4.69, 9.17) is 4.74 Å². The molecule has 1 aliphatic rings. The highest BCUT2D eigenvalue weighted by Crippen LogP contribution is 2.28. The van der Waals surface area contributed by atoms with Crippen LogP contribution in [0.2, 0.25) is 0 Å². The molecule has 8 heteroatoms. The number of piperidine rings is 1. The number of likely N-dealkylation sites (tertiary alicyclic amines) is 1. The molecular weight excluding hydrogens is 394 g/mol. The minimum Gasteiger partial charge on any atom is -0.508 e. The van der Waals surface area contributed by atoms with Crippen LogP contribution in [0.15, 0.2) is 48.8 Å². The maximum atomic E-state index is 12.2. The minimum absolute atomic E-state index is 0.0685. The first-order chi connectivity index (χ1) is 15.0. The second-order valence-electron chi connectivity index (χ2n) is 8.01. The van der Waals surface area contributed by atoms with Crippen LogP contribution in [0.1, 0.15) is 12.8 Å². The molecule has 31 heavy (non-hydrogen) atoms. The monoisotopic (exact) mass is 421 g/mol. The van der Waals surface area contributed by atoms with E-state index in [1.54, 1.807) is 24.3 Å². The first-order valence-corrected chi connectivity index (χ1v) is 10.4. The lowest BCUT2D eigenvalue weighted by Crippen LogP contribution is -2.44. The molecule has 2 N–H and O–H groups in total. The lowest BCUT2D eigenvalue weighted by Gasteiger charge is -2.32. The van der Waals surface area contributed by atoms with Gasteiger partial charge in [0.05, 0.1) is 12.1 Å². The second kappa shape index (κ2) is 9.18. The Labute approximate surface area is 181 Å². The third-order valence-electron chi connectivity index (χ3n) is 5.29. The van der Waals surface area contributed by atoms with Crippen LogP contribution >= 0.6 is 0 Å². The molecule has 0 atom stereocenters. The van der Waals surface area contributed by atoms with Crippen LogP contribution < -0.4 is 10.1 Å². The van der Waals surface area contributed by atoms with Gasteiger partial charge >= 0.3 is 0 Å². The van der Waals surface area contributed by atoms with Gasteiger partial charge in [0.1, 0.15) is 29.7 Å². The van der Waals surface area contributed by atoms with Crippen molar-refractivity contribution in [1.29, 1.82) is 0 Å². The number of nitrogens with zero attached hydrogens (tertiary/aromatic N) is 4. The number of anilines is 2. The predicted molar refractivity (Wildman–Crippen MR) is 120 cm³/mol. The first kappa shape index (κ1) is 20.9. The lowest BCUT2D eigenvalue weighted by atomic mass is 10.1. The normalized spacial score (nSPS) is 14.7. The molecule has 0 saturated carbocycles. The van der Waals surface area contributed by atoms with Crippen LogP contribution in [0.4, 0.5) is 11.5 Å². The molecule has 162 valence electrons. The molecule has 1 saturated heterocycles. The summed E-state index contributed by atoms with van der Waals surface area (Å²) in [6, 6.07) is 12.6. The van der Waals surface area contributed by atoms with Crippen molar-refractivity contribution in [3.05, 3.63) is 48.8 Å². The van der Waals surface area contributed by atoms with E-state index in [9.17, 15) is 9.90 Å². The van der Waals surface area contributed by atoms with Crippen LogP contribution in [0, 0.1) is 0 Å². The fourth-order valence-electron chi connectivity index (χ4n) is 3.68. The zero-order valence-corrected chi connectivity index (χ0v) is 17.8. The SMILES string of the molecule is CN(C)CC(=O)N1CCC(Oc2ccc3ncnc(Nc4ccc(O)cc4)c3c2)CC1. The summed E-state index contributed by atoms with van der Waals surface area (Å²) < 4.78 is 6.23. The van der Waals surface area contributed by atoms with Gasteiger partial charge in [0.15, 0.2) is 0 Å². The highest BCUT2D eigenvalue weighted by atomic mass is 16.5. The smallest absolute Gasteiger partial charge is 0.236 e. The highest BCUT2D eigenvalue weighted by molar-refractivity contribution is 5.91. The predicted octanol–water partition coefficient (Wildman–Crippen LogP) is 3.01. The molecule has 0 bridgehead atoms. The third-order valence-corrected chi connectivity index (χ3v) is 5.29. The third kappa shape index (κ3) is 5.21. The van der Waals surface area contributed by atoms with Gasteiger partial charge in [0.25, 0.3) is 0 Å². The summed E-state index contributed by atoms with van der Waals surface area (Å²) in [5, 5.41) is 13.6. The van der Waals surface area contributed by atoms with E-state index in [-0.39, 0.29) is 17.8 Å². The molecule has 0 spiro atoms. The van der Waals surface area contributed by atoms with Crippen molar-refractivity contribution in [2.75, 3.05) is 39.0 Å². The number of amides is 1. The molecule has 1 amide bonds. The molecule has 1 aliphatic heterocycles. The average molecular weight is 422 g/mol. The van der Waals surface area contributed by atoms with Gasteiger partial charge in [-0.1, -0.05) is 0 Å². The number of likely N-dealkylation sites (N-methyl/N-ethyl adjacent to an activating group) is 1. The largest absolute Gasteiger partial charge is 0.508 e. The van der Waals surface area contributed by atoms with Gasteiger partial charge in [-0.15, -0.1) is 0 Å². The number of carbonyl (C=O) groups excluding carboxylic acids is 1. The van der Waals surface area contributed by atoms with Crippen molar-refractivity contribution in [2.45, 2.75) is 18.9 Å². The summed E-state index contributed by atoms with van der Waals surface area (Å²) >= 11 is 0.